The lowest BCUT2D eigenvalue weighted by Gasteiger charge is -2.05. The Hall–Kier alpha value is -2.63. The van der Waals surface area contributed by atoms with E-state index in [9.17, 15) is 13.2 Å². The van der Waals surface area contributed by atoms with Gasteiger partial charge in [-0.2, -0.15) is 18.3 Å². The second-order valence-corrected chi connectivity index (χ2v) is 4.41. The van der Waals surface area contributed by atoms with Crippen LogP contribution < -0.4 is 0 Å². The number of alkyl halides is 3. The van der Waals surface area contributed by atoms with Crippen molar-refractivity contribution in [2.24, 2.45) is 0 Å². The molecule has 0 unspecified atom stereocenters. The average molecular weight is 289 g/mol. The van der Waals surface area contributed by atoms with E-state index < -0.39 is 11.9 Å². The summed E-state index contributed by atoms with van der Waals surface area (Å²) in [7, 11) is 0. The molecule has 3 nitrogen and oxygen atoms in total. The summed E-state index contributed by atoms with van der Waals surface area (Å²) in [5, 5.41) is 3.69. The molecule has 0 bridgehead atoms. The third kappa shape index (κ3) is 2.65. The van der Waals surface area contributed by atoms with Crippen molar-refractivity contribution in [2.75, 3.05) is 0 Å². The summed E-state index contributed by atoms with van der Waals surface area (Å²) in [4.78, 5) is 3.84. The van der Waals surface area contributed by atoms with Gasteiger partial charge in [-0.1, -0.05) is 30.3 Å². The van der Waals surface area contributed by atoms with E-state index in [1.54, 1.807) is 42.5 Å². The molecule has 0 fully saturated rings. The molecule has 0 aliphatic carbocycles. The molecule has 2 aromatic heterocycles. The Morgan fingerprint density at radius 2 is 1.57 bits per heavy atom. The summed E-state index contributed by atoms with van der Waals surface area (Å²) in [5.74, 6) is 0. The number of pyridine rings is 1. The molecular formula is C15H10F3N3. The Morgan fingerprint density at radius 3 is 2.19 bits per heavy atom. The molecule has 0 atom stereocenters. The second kappa shape index (κ2) is 5.05. The number of benzene rings is 1. The highest BCUT2D eigenvalue weighted by Crippen LogP contribution is 2.36. The minimum atomic E-state index is -4.51. The van der Waals surface area contributed by atoms with Crippen LogP contribution in [0.1, 0.15) is 5.69 Å². The number of hydrogen-bond acceptors (Lipinski definition) is 2. The van der Waals surface area contributed by atoms with Crippen molar-refractivity contribution < 1.29 is 13.2 Å². The van der Waals surface area contributed by atoms with Gasteiger partial charge in [0.2, 0.25) is 0 Å². The van der Waals surface area contributed by atoms with Crippen LogP contribution in [-0.2, 0) is 6.18 Å². The van der Waals surface area contributed by atoms with Gasteiger partial charge in [-0.15, -0.1) is 0 Å². The van der Waals surface area contributed by atoms with Crippen LogP contribution in [0.25, 0.3) is 16.8 Å². The first-order valence-corrected chi connectivity index (χ1v) is 6.18. The van der Waals surface area contributed by atoms with Crippen LogP contribution in [0.15, 0.2) is 61.1 Å². The highest BCUT2D eigenvalue weighted by molar-refractivity contribution is 5.66. The molecule has 0 N–H and O–H groups in total. The first-order chi connectivity index (χ1) is 10.1. The van der Waals surface area contributed by atoms with Crippen LogP contribution >= 0.6 is 0 Å². The molecule has 0 amide bonds. The second-order valence-electron chi connectivity index (χ2n) is 4.41. The lowest BCUT2D eigenvalue weighted by Crippen LogP contribution is -2.08. The van der Waals surface area contributed by atoms with E-state index >= 15 is 0 Å². The van der Waals surface area contributed by atoms with Crippen molar-refractivity contribution >= 4 is 0 Å². The molecule has 0 radical (unpaired) electrons. The van der Waals surface area contributed by atoms with E-state index in [2.05, 4.69) is 10.1 Å². The Kier molecular flexibility index (Phi) is 3.21. The number of halogens is 3. The van der Waals surface area contributed by atoms with Gasteiger partial charge in [0.05, 0.1) is 5.69 Å². The van der Waals surface area contributed by atoms with Gasteiger partial charge in [0.25, 0.3) is 0 Å². The van der Waals surface area contributed by atoms with Crippen LogP contribution in [0.4, 0.5) is 13.2 Å². The minimum absolute atomic E-state index is 0.0555. The summed E-state index contributed by atoms with van der Waals surface area (Å²) >= 11 is 0. The average Bonchev–Trinajstić information content (AvgIpc) is 2.94. The Morgan fingerprint density at radius 1 is 0.905 bits per heavy atom. The van der Waals surface area contributed by atoms with Crippen molar-refractivity contribution in [1.82, 2.24) is 14.8 Å². The molecule has 0 saturated heterocycles. The fourth-order valence-electron chi connectivity index (χ4n) is 2.04. The van der Waals surface area contributed by atoms with Crippen molar-refractivity contribution in [1.29, 1.82) is 0 Å². The van der Waals surface area contributed by atoms with Crippen LogP contribution in [0.2, 0.25) is 0 Å². The maximum Gasteiger partial charge on any atom is 0.435 e. The zero-order valence-corrected chi connectivity index (χ0v) is 10.7. The third-order valence-corrected chi connectivity index (χ3v) is 2.99. The van der Waals surface area contributed by atoms with E-state index in [0.29, 0.717) is 11.3 Å². The fraction of sp³-hybridized carbons (Fsp3) is 0.0667. The van der Waals surface area contributed by atoms with Crippen molar-refractivity contribution in [3.8, 4) is 16.8 Å². The van der Waals surface area contributed by atoms with E-state index in [0.717, 1.165) is 0 Å². The molecule has 0 aliphatic rings. The SMILES string of the molecule is FC(F)(F)c1nn(-c2ccncc2)cc1-c1ccccc1. The third-order valence-electron chi connectivity index (χ3n) is 2.99. The highest BCUT2D eigenvalue weighted by atomic mass is 19.4. The van der Waals surface area contributed by atoms with Crippen molar-refractivity contribution in [2.45, 2.75) is 6.18 Å². The van der Waals surface area contributed by atoms with Gasteiger partial charge in [-0.25, -0.2) is 4.68 Å². The lowest BCUT2D eigenvalue weighted by molar-refractivity contribution is -0.140. The van der Waals surface area contributed by atoms with E-state index in [1.807, 2.05) is 0 Å². The van der Waals surface area contributed by atoms with Crippen LogP contribution in [0.3, 0.4) is 0 Å². The summed E-state index contributed by atoms with van der Waals surface area (Å²) < 4.78 is 40.7. The Balaban J connectivity index is 2.17. The zero-order chi connectivity index (χ0) is 14.9. The molecule has 6 heteroatoms. The van der Waals surface area contributed by atoms with Crippen LogP contribution in [0.5, 0.6) is 0 Å². The number of hydrogen-bond donors (Lipinski definition) is 0. The Labute approximate surface area is 118 Å². The molecule has 21 heavy (non-hydrogen) atoms. The standard InChI is InChI=1S/C15H10F3N3/c16-15(17,18)14-13(11-4-2-1-3-5-11)10-21(20-14)12-6-8-19-9-7-12/h1-10H. The van der Waals surface area contributed by atoms with Gasteiger partial charge in [0.1, 0.15) is 0 Å². The first-order valence-electron chi connectivity index (χ1n) is 6.18. The molecule has 3 aromatic rings. The van der Waals surface area contributed by atoms with Gasteiger partial charge in [0.15, 0.2) is 5.69 Å². The largest absolute Gasteiger partial charge is 0.435 e. The smallest absolute Gasteiger partial charge is 0.265 e. The summed E-state index contributed by atoms with van der Waals surface area (Å²) in [6, 6.07) is 11.6. The summed E-state index contributed by atoms with van der Waals surface area (Å²) in [5.41, 5.74) is 0.160. The molecule has 106 valence electrons. The van der Waals surface area contributed by atoms with Crippen LogP contribution in [0, 0.1) is 0 Å². The van der Waals surface area contributed by atoms with E-state index in [4.69, 9.17) is 0 Å². The maximum atomic E-state index is 13.2. The molecule has 2 heterocycles. The Bertz CT molecular complexity index is 734. The maximum absolute atomic E-state index is 13.2. The van der Waals surface area contributed by atoms with E-state index in [1.165, 1.54) is 23.3 Å². The highest BCUT2D eigenvalue weighted by Gasteiger charge is 2.37. The molecule has 3 rings (SSSR count). The molecular weight excluding hydrogens is 279 g/mol. The number of aromatic nitrogens is 3. The first kappa shape index (κ1) is 13.4. The van der Waals surface area contributed by atoms with Gasteiger partial charge in [-0.05, 0) is 17.7 Å². The van der Waals surface area contributed by atoms with Crippen molar-refractivity contribution in [3.63, 3.8) is 0 Å². The van der Waals surface area contributed by atoms with Crippen molar-refractivity contribution in [3.05, 3.63) is 66.7 Å². The van der Waals surface area contributed by atoms with Crippen LogP contribution in [-0.4, -0.2) is 14.8 Å². The lowest BCUT2D eigenvalue weighted by atomic mass is 10.1. The van der Waals surface area contributed by atoms with Gasteiger partial charge in [0, 0.05) is 24.2 Å². The summed E-state index contributed by atoms with van der Waals surface area (Å²) in [6.07, 6.45) is -0.115. The van der Waals surface area contributed by atoms with Gasteiger partial charge < -0.3 is 0 Å². The monoisotopic (exact) mass is 289 g/mol. The number of nitrogens with zero attached hydrogens (tertiary/aromatic N) is 3. The van der Waals surface area contributed by atoms with E-state index in [-0.39, 0.29) is 5.56 Å². The molecule has 0 spiro atoms. The molecule has 0 aliphatic heterocycles. The summed E-state index contributed by atoms with van der Waals surface area (Å²) in [6.45, 7) is 0. The van der Waals surface area contributed by atoms with Gasteiger partial charge >= 0.3 is 6.18 Å². The normalized spacial score (nSPS) is 11.6. The quantitative estimate of drug-likeness (QED) is 0.715. The topological polar surface area (TPSA) is 30.7 Å². The molecule has 0 saturated carbocycles. The number of rotatable bonds is 2. The van der Waals surface area contributed by atoms with Gasteiger partial charge in [-0.3, -0.25) is 4.98 Å². The fourth-order valence-corrected chi connectivity index (χ4v) is 2.04. The minimum Gasteiger partial charge on any atom is -0.265 e. The zero-order valence-electron chi connectivity index (χ0n) is 10.7. The predicted molar refractivity (Wildman–Crippen MR) is 71.8 cm³/mol. The predicted octanol–water partition coefficient (Wildman–Crippen LogP) is 3.95. The molecule has 1 aromatic carbocycles.